The molecule has 0 aromatic carbocycles. The number of hydrogen-bond donors (Lipinski definition) is 3. The van der Waals surface area contributed by atoms with Crippen LogP contribution in [0.4, 0.5) is 0 Å². The van der Waals surface area contributed by atoms with Crippen LogP contribution >= 0.6 is 0 Å². The van der Waals surface area contributed by atoms with Crippen molar-refractivity contribution in [3.8, 4) is 0 Å². The summed E-state index contributed by atoms with van der Waals surface area (Å²) in [6, 6.07) is 0. The summed E-state index contributed by atoms with van der Waals surface area (Å²) in [7, 11) is 3.56. The molecule has 0 spiro atoms. The molecular formula is C17H32N2O4. The molecule has 2 rings (SSSR count). The van der Waals surface area contributed by atoms with Gasteiger partial charge in [-0.2, -0.15) is 0 Å². The van der Waals surface area contributed by atoms with E-state index >= 15 is 0 Å². The minimum Gasteiger partial charge on any atom is -0.392 e. The summed E-state index contributed by atoms with van der Waals surface area (Å²) in [5.74, 6) is 0.0918. The quantitative estimate of drug-likeness (QED) is 0.667. The van der Waals surface area contributed by atoms with E-state index in [0.717, 1.165) is 32.1 Å². The highest BCUT2D eigenvalue weighted by Crippen LogP contribution is 2.30. The van der Waals surface area contributed by atoms with Gasteiger partial charge in [-0.15, -0.1) is 0 Å². The fourth-order valence-electron chi connectivity index (χ4n) is 3.83. The molecule has 1 aliphatic heterocycles. The highest BCUT2D eigenvalue weighted by molar-refractivity contribution is 5.86. The predicted octanol–water partition coefficient (Wildman–Crippen LogP) is 0.660. The molecule has 0 radical (unpaired) electrons. The summed E-state index contributed by atoms with van der Waals surface area (Å²) in [6.07, 6.45) is 5.64. The first-order valence-corrected chi connectivity index (χ1v) is 8.82. The number of β-amino-alcohol motifs (C(OH)–C–C–N with tert-alkyl or cyclic N) is 1. The number of rotatable bonds is 6. The average molecular weight is 328 g/mol. The summed E-state index contributed by atoms with van der Waals surface area (Å²) in [5.41, 5.74) is -1.40. The first-order chi connectivity index (χ1) is 10.9. The Balaban J connectivity index is 1.91. The zero-order chi connectivity index (χ0) is 16.9. The Labute approximate surface area is 139 Å². The zero-order valence-corrected chi connectivity index (χ0v) is 14.5. The van der Waals surface area contributed by atoms with Crippen molar-refractivity contribution in [1.29, 1.82) is 0 Å². The van der Waals surface area contributed by atoms with Crippen molar-refractivity contribution in [2.24, 2.45) is 0 Å². The molecule has 134 valence electrons. The summed E-state index contributed by atoms with van der Waals surface area (Å²) < 4.78 is 5.27. The van der Waals surface area contributed by atoms with E-state index in [1.165, 1.54) is 0 Å². The van der Waals surface area contributed by atoms with Crippen molar-refractivity contribution < 1.29 is 19.7 Å². The summed E-state index contributed by atoms with van der Waals surface area (Å²) >= 11 is 0. The van der Waals surface area contributed by atoms with Crippen molar-refractivity contribution in [1.82, 2.24) is 10.2 Å². The Kier molecular flexibility index (Phi) is 6.42. The molecule has 1 amide bonds. The van der Waals surface area contributed by atoms with E-state index in [1.807, 2.05) is 0 Å². The third-order valence-corrected chi connectivity index (χ3v) is 5.24. The molecule has 6 nitrogen and oxygen atoms in total. The predicted molar refractivity (Wildman–Crippen MR) is 88.1 cm³/mol. The van der Waals surface area contributed by atoms with E-state index in [9.17, 15) is 15.0 Å². The lowest BCUT2D eigenvalue weighted by molar-refractivity contribution is -0.137. The van der Waals surface area contributed by atoms with Crippen LogP contribution in [0.25, 0.3) is 0 Å². The number of carbonyl (C=O) groups is 1. The number of aliphatic hydroxyl groups is 2. The molecular weight excluding hydrogens is 296 g/mol. The molecule has 0 aromatic rings. The van der Waals surface area contributed by atoms with Gasteiger partial charge in [-0.05, 0) is 25.7 Å². The van der Waals surface area contributed by atoms with E-state index in [1.54, 1.807) is 19.0 Å². The summed E-state index contributed by atoms with van der Waals surface area (Å²) in [5, 5.41) is 24.2. The fraction of sp³-hybridized carbons (Fsp3) is 0.941. The number of carbonyl (C=O) groups excluding carboxylic acids is 1. The maximum Gasteiger partial charge on any atom is 0.242 e. The van der Waals surface area contributed by atoms with Crippen LogP contribution in [0.3, 0.4) is 0 Å². The van der Waals surface area contributed by atoms with Crippen molar-refractivity contribution in [3.63, 3.8) is 0 Å². The van der Waals surface area contributed by atoms with Gasteiger partial charge in [-0.1, -0.05) is 19.3 Å². The van der Waals surface area contributed by atoms with Gasteiger partial charge in [0.15, 0.2) is 0 Å². The lowest BCUT2D eigenvalue weighted by Crippen LogP contribution is -2.59. The maximum absolute atomic E-state index is 12.6. The number of aliphatic hydroxyl groups excluding tert-OH is 1. The van der Waals surface area contributed by atoms with Crippen molar-refractivity contribution in [2.45, 2.75) is 68.6 Å². The Hall–Kier alpha value is -0.690. The molecule has 0 bridgehead atoms. The Morgan fingerprint density at radius 2 is 1.78 bits per heavy atom. The molecule has 1 unspecified atom stereocenters. The lowest BCUT2D eigenvalue weighted by Gasteiger charge is -2.40. The summed E-state index contributed by atoms with van der Waals surface area (Å²) in [4.78, 5) is 14.2. The van der Waals surface area contributed by atoms with E-state index in [4.69, 9.17) is 4.74 Å². The molecule has 1 saturated heterocycles. The van der Waals surface area contributed by atoms with Crippen molar-refractivity contribution >= 4 is 5.91 Å². The fourth-order valence-corrected chi connectivity index (χ4v) is 3.83. The minimum absolute atomic E-state index is 0.0918. The van der Waals surface area contributed by atoms with Gasteiger partial charge < -0.3 is 25.2 Å². The van der Waals surface area contributed by atoms with Crippen LogP contribution in [-0.4, -0.2) is 72.1 Å². The second-order valence-electron chi connectivity index (χ2n) is 7.42. The van der Waals surface area contributed by atoms with Gasteiger partial charge in [0.25, 0.3) is 0 Å². The number of amides is 1. The second kappa shape index (κ2) is 7.92. The van der Waals surface area contributed by atoms with Crippen molar-refractivity contribution in [2.75, 3.05) is 33.9 Å². The van der Waals surface area contributed by atoms with E-state index < -0.39 is 17.2 Å². The first-order valence-electron chi connectivity index (χ1n) is 8.82. The Bertz CT molecular complexity index is 388. The van der Waals surface area contributed by atoms with Crippen LogP contribution in [0.15, 0.2) is 0 Å². The Morgan fingerprint density at radius 3 is 2.35 bits per heavy atom. The second-order valence-corrected chi connectivity index (χ2v) is 7.42. The molecule has 1 aliphatic carbocycles. The highest BCUT2D eigenvalue weighted by Gasteiger charge is 2.41. The molecule has 6 heteroatoms. The minimum atomic E-state index is -0.843. The van der Waals surface area contributed by atoms with Gasteiger partial charge >= 0.3 is 0 Å². The SMILES string of the molecule is CN(C)C(=O)C1(NCC(O)CC2(O)CCOCC2)CCCCC1. The molecule has 3 N–H and O–H groups in total. The number of ether oxygens (including phenoxy) is 1. The number of hydrogen-bond acceptors (Lipinski definition) is 5. The molecule has 2 fully saturated rings. The van der Waals surface area contributed by atoms with E-state index in [2.05, 4.69) is 5.32 Å². The van der Waals surface area contributed by atoms with Crippen LogP contribution in [0.5, 0.6) is 0 Å². The maximum atomic E-state index is 12.6. The van der Waals surface area contributed by atoms with Crippen LogP contribution in [0.1, 0.15) is 51.4 Å². The van der Waals surface area contributed by atoms with Gasteiger partial charge in [0, 0.05) is 40.3 Å². The largest absolute Gasteiger partial charge is 0.392 e. The summed E-state index contributed by atoms with van der Waals surface area (Å²) in [6.45, 7) is 1.42. The number of nitrogens with one attached hydrogen (secondary N) is 1. The monoisotopic (exact) mass is 328 g/mol. The van der Waals surface area contributed by atoms with Gasteiger partial charge in [0.1, 0.15) is 0 Å². The molecule has 1 saturated carbocycles. The smallest absolute Gasteiger partial charge is 0.242 e. The van der Waals surface area contributed by atoms with E-state index in [-0.39, 0.29) is 5.91 Å². The Morgan fingerprint density at radius 1 is 1.17 bits per heavy atom. The third kappa shape index (κ3) is 4.89. The topological polar surface area (TPSA) is 82.0 Å². The highest BCUT2D eigenvalue weighted by atomic mass is 16.5. The molecule has 0 aromatic heterocycles. The molecule has 1 heterocycles. The lowest BCUT2D eigenvalue weighted by atomic mass is 9.80. The molecule has 1 atom stereocenters. The van der Waals surface area contributed by atoms with Crippen LogP contribution in [0.2, 0.25) is 0 Å². The normalized spacial score (nSPS) is 24.9. The standard InChI is InChI=1S/C17H32N2O4/c1-19(2)15(21)17(6-4-3-5-7-17)18-13-14(20)12-16(22)8-10-23-11-9-16/h14,18,20,22H,3-13H2,1-2H3. The van der Waals surface area contributed by atoms with Crippen LogP contribution < -0.4 is 5.32 Å². The van der Waals surface area contributed by atoms with Gasteiger partial charge in [-0.3, -0.25) is 4.79 Å². The zero-order valence-electron chi connectivity index (χ0n) is 14.5. The number of nitrogens with zero attached hydrogens (tertiary/aromatic N) is 1. The van der Waals surface area contributed by atoms with E-state index in [0.29, 0.717) is 39.0 Å². The van der Waals surface area contributed by atoms with Crippen LogP contribution in [0, 0.1) is 0 Å². The van der Waals surface area contributed by atoms with Crippen LogP contribution in [-0.2, 0) is 9.53 Å². The van der Waals surface area contributed by atoms with Gasteiger partial charge in [-0.25, -0.2) is 0 Å². The van der Waals surface area contributed by atoms with Gasteiger partial charge in [0.2, 0.25) is 5.91 Å². The van der Waals surface area contributed by atoms with Gasteiger partial charge in [0.05, 0.1) is 17.2 Å². The number of likely N-dealkylation sites (N-methyl/N-ethyl adjacent to an activating group) is 1. The average Bonchev–Trinajstić information content (AvgIpc) is 2.53. The first kappa shape index (κ1) is 18.6. The molecule has 23 heavy (non-hydrogen) atoms. The van der Waals surface area contributed by atoms with Crippen molar-refractivity contribution in [3.05, 3.63) is 0 Å². The third-order valence-electron chi connectivity index (χ3n) is 5.24. The molecule has 2 aliphatic rings.